The van der Waals surface area contributed by atoms with E-state index in [1.54, 1.807) is 11.0 Å². The van der Waals surface area contributed by atoms with Crippen molar-refractivity contribution in [2.45, 2.75) is 78.0 Å². The molecule has 0 bridgehead atoms. The SMILES string of the molecule is Cc1nc(N2CCC3(CCCC3N(C(=O)O)C(C)(C)C)CC2)c(CO)nc1-c1cccc(Cl)c1Cl. The number of halogens is 2. The Labute approximate surface area is 217 Å². The largest absolute Gasteiger partial charge is 0.465 e. The molecule has 2 N–H and O–H groups in total. The lowest BCUT2D eigenvalue weighted by Crippen LogP contribution is -2.58. The van der Waals surface area contributed by atoms with Gasteiger partial charge in [0.15, 0.2) is 5.82 Å². The van der Waals surface area contributed by atoms with Crippen molar-refractivity contribution in [3.63, 3.8) is 0 Å². The van der Waals surface area contributed by atoms with Gasteiger partial charge in [-0.05, 0) is 64.9 Å². The van der Waals surface area contributed by atoms with E-state index < -0.39 is 11.6 Å². The van der Waals surface area contributed by atoms with Crippen LogP contribution in [0.4, 0.5) is 10.6 Å². The summed E-state index contributed by atoms with van der Waals surface area (Å²) in [6, 6.07) is 5.40. The van der Waals surface area contributed by atoms with E-state index in [-0.39, 0.29) is 18.1 Å². The molecule has 1 aliphatic carbocycles. The second-order valence-electron chi connectivity index (χ2n) is 10.8. The fourth-order valence-corrected chi connectivity index (χ4v) is 6.39. The Kier molecular flexibility index (Phi) is 7.24. The smallest absolute Gasteiger partial charge is 0.408 e. The molecule has 9 heteroatoms. The quantitative estimate of drug-likeness (QED) is 0.500. The van der Waals surface area contributed by atoms with Crippen molar-refractivity contribution in [2.24, 2.45) is 5.41 Å². The summed E-state index contributed by atoms with van der Waals surface area (Å²) in [5.41, 5.74) is 2.03. The Balaban J connectivity index is 1.60. The molecule has 1 saturated heterocycles. The van der Waals surface area contributed by atoms with E-state index >= 15 is 0 Å². The maximum Gasteiger partial charge on any atom is 0.408 e. The van der Waals surface area contributed by atoms with Gasteiger partial charge in [-0.1, -0.05) is 41.8 Å². The molecule has 1 unspecified atom stereocenters. The highest BCUT2D eigenvalue weighted by atomic mass is 35.5. The third-order valence-electron chi connectivity index (χ3n) is 7.64. The van der Waals surface area contributed by atoms with Gasteiger partial charge in [-0.15, -0.1) is 0 Å². The summed E-state index contributed by atoms with van der Waals surface area (Å²) in [5, 5.41) is 21.0. The molecule has 1 aromatic heterocycles. The highest BCUT2D eigenvalue weighted by molar-refractivity contribution is 6.43. The Bertz CT molecular complexity index is 1110. The zero-order chi connectivity index (χ0) is 25.5. The predicted octanol–water partition coefficient (Wildman–Crippen LogP) is 6.17. The molecule has 2 heterocycles. The minimum atomic E-state index is -0.842. The average molecular weight is 521 g/mol. The molecular weight excluding hydrogens is 487 g/mol. The molecule has 35 heavy (non-hydrogen) atoms. The van der Waals surface area contributed by atoms with Gasteiger partial charge in [-0.2, -0.15) is 0 Å². The lowest BCUT2D eigenvalue weighted by Gasteiger charge is -2.50. The standard InChI is InChI=1S/C26H34Cl2N4O3/c1-16-22(17-7-5-8-18(27)21(17)28)30-19(15-33)23(29-16)31-13-11-26(12-14-31)10-6-9-20(26)32(24(34)35)25(2,3)4/h5,7-8,20,33H,6,9-15H2,1-4H3,(H,34,35). The summed E-state index contributed by atoms with van der Waals surface area (Å²) in [5.74, 6) is 0.683. The Morgan fingerprint density at radius 3 is 2.49 bits per heavy atom. The van der Waals surface area contributed by atoms with E-state index in [0.29, 0.717) is 38.5 Å². The van der Waals surface area contributed by atoms with Crippen molar-refractivity contribution in [3.8, 4) is 11.3 Å². The third-order valence-corrected chi connectivity index (χ3v) is 8.45. The minimum Gasteiger partial charge on any atom is -0.465 e. The molecule has 0 radical (unpaired) electrons. The number of amides is 1. The second-order valence-corrected chi connectivity index (χ2v) is 11.6. The van der Waals surface area contributed by atoms with Crippen LogP contribution in [0.2, 0.25) is 10.0 Å². The summed E-state index contributed by atoms with van der Waals surface area (Å²) < 4.78 is 0. The summed E-state index contributed by atoms with van der Waals surface area (Å²) in [4.78, 5) is 25.7. The summed E-state index contributed by atoms with van der Waals surface area (Å²) in [7, 11) is 0. The van der Waals surface area contributed by atoms with Crippen LogP contribution in [-0.4, -0.2) is 55.8 Å². The van der Waals surface area contributed by atoms with Crippen molar-refractivity contribution in [1.29, 1.82) is 0 Å². The normalized spacial score (nSPS) is 19.9. The van der Waals surface area contributed by atoms with Crippen molar-refractivity contribution >= 4 is 35.1 Å². The van der Waals surface area contributed by atoms with Crippen molar-refractivity contribution < 1.29 is 15.0 Å². The molecule has 1 aromatic carbocycles. The van der Waals surface area contributed by atoms with Gasteiger partial charge in [0.05, 0.1) is 28.0 Å². The van der Waals surface area contributed by atoms with Crippen LogP contribution in [0.25, 0.3) is 11.3 Å². The van der Waals surface area contributed by atoms with Gasteiger partial charge in [-0.25, -0.2) is 14.8 Å². The Hall–Kier alpha value is -2.09. The summed E-state index contributed by atoms with van der Waals surface area (Å²) in [6.45, 7) is 9.05. The Morgan fingerprint density at radius 1 is 1.20 bits per heavy atom. The fraction of sp³-hybridized carbons (Fsp3) is 0.577. The molecule has 190 valence electrons. The summed E-state index contributed by atoms with van der Waals surface area (Å²) in [6.07, 6.45) is 3.90. The van der Waals surface area contributed by atoms with E-state index in [9.17, 15) is 15.0 Å². The first-order valence-electron chi connectivity index (χ1n) is 12.2. The maximum atomic E-state index is 12.2. The zero-order valence-electron chi connectivity index (χ0n) is 20.8. The predicted molar refractivity (Wildman–Crippen MR) is 139 cm³/mol. The number of hydrogen-bond donors (Lipinski definition) is 2. The minimum absolute atomic E-state index is 0.0135. The summed E-state index contributed by atoms with van der Waals surface area (Å²) >= 11 is 12.6. The molecule has 1 atom stereocenters. The number of hydrogen-bond acceptors (Lipinski definition) is 5. The van der Waals surface area contributed by atoms with Gasteiger partial charge < -0.3 is 15.1 Å². The number of anilines is 1. The number of rotatable bonds is 4. The molecule has 1 saturated carbocycles. The second kappa shape index (κ2) is 9.75. The fourth-order valence-electron chi connectivity index (χ4n) is 6.00. The molecule has 1 spiro atoms. The van der Waals surface area contributed by atoms with Crippen molar-refractivity contribution in [1.82, 2.24) is 14.9 Å². The van der Waals surface area contributed by atoms with Gasteiger partial charge in [0.25, 0.3) is 0 Å². The molecular formula is C26H34Cl2N4O3. The first-order valence-corrected chi connectivity index (χ1v) is 12.9. The lowest BCUT2D eigenvalue weighted by molar-refractivity contribution is 0.0141. The number of nitrogens with zero attached hydrogens (tertiary/aromatic N) is 4. The molecule has 7 nitrogen and oxygen atoms in total. The zero-order valence-corrected chi connectivity index (χ0v) is 22.3. The first-order chi connectivity index (χ1) is 16.5. The number of carbonyl (C=O) groups is 1. The number of aromatic nitrogens is 2. The molecule has 4 rings (SSSR count). The highest BCUT2D eigenvalue weighted by Gasteiger charge is 2.51. The number of piperidine rings is 1. The number of aliphatic hydroxyl groups excluding tert-OH is 1. The van der Waals surface area contributed by atoms with Crippen LogP contribution < -0.4 is 4.90 Å². The maximum absolute atomic E-state index is 12.2. The highest BCUT2D eigenvalue weighted by Crippen LogP contribution is 2.50. The van der Waals surface area contributed by atoms with E-state index in [1.807, 2.05) is 39.8 Å². The van der Waals surface area contributed by atoms with E-state index in [4.69, 9.17) is 33.2 Å². The van der Waals surface area contributed by atoms with Crippen molar-refractivity contribution in [2.75, 3.05) is 18.0 Å². The lowest BCUT2D eigenvalue weighted by atomic mass is 9.72. The van der Waals surface area contributed by atoms with Gasteiger partial charge in [0, 0.05) is 30.2 Å². The molecule has 2 aromatic rings. The van der Waals surface area contributed by atoms with E-state index in [1.165, 1.54) is 0 Å². The topological polar surface area (TPSA) is 89.8 Å². The average Bonchev–Trinajstić information content (AvgIpc) is 3.17. The number of benzene rings is 1. The van der Waals surface area contributed by atoms with E-state index in [0.717, 1.165) is 45.2 Å². The van der Waals surface area contributed by atoms with Crippen LogP contribution >= 0.6 is 23.2 Å². The van der Waals surface area contributed by atoms with Crippen LogP contribution in [-0.2, 0) is 6.61 Å². The van der Waals surface area contributed by atoms with Crippen LogP contribution in [0.5, 0.6) is 0 Å². The van der Waals surface area contributed by atoms with Gasteiger partial charge in [-0.3, -0.25) is 4.90 Å². The Morgan fingerprint density at radius 2 is 1.89 bits per heavy atom. The number of aryl methyl sites for hydroxylation is 1. The first kappa shape index (κ1) is 26.0. The van der Waals surface area contributed by atoms with Gasteiger partial charge >= 0.3 is 6.09 Å². The van der Waals surface area contributed by atoms with Crippen LogP contribution in [0, 0.1) is 12.3 Å². The number of aliphatic hydroxyl groups is 1. The monoisotopic (exact) mass is 520 g/mol. The third kappa shape index (κ3) is 4.83. The van der Waals surface area contributed by atoms with Crippen molar-refractivity contribution in [3.05, 3.63) is 39.6 Å². The molecule has 1 amide bonds. The van der Waals surface area contributed by atoms with Crippen LogP contribution in [0.1, 0.15) is 64.3 Å². The van der Waals surface area contributed by atoms with Gasteiger partial charge in [0.1, 0.15) is 5.69 Å². The van der Waals surface area contributed by atoms with Crippen LogP contribution in [0.3, 0.4) is 0 Å². The van der Waals surface area contributed by atoms with Gasteiger partial charge in [0.2, 0.25) is 0 Å². The number of carboxylic acid groups (broad SMARTS) is 1. The molecule has 2 aliphatic rings. The van der Waals surface area contributed by atoms with E-state index in [2.05, 4.69) is 4.90 Å². The van der Waals surface area contributed by atoms with Crippen LogP contribution in [0.15, 0.2) is 18.2 Å². The molecule has 2 fully saturated rings. The molecule has 1 aliphatic heterocycles.